The standard InChI is InChI=1S/C13H21NO2/c1-11(15)9-14(10-12(2)16-3)13-7-5-4-6-8-13/h4-8,11-12,15H,9-10H2,1-3H3. The summed E-state index contributed by atoms with van der Waals surface area (Å²) in [6.45, 7) is 5.23. The van der Waals surface area contributed by atoms with Gasteiger partial charge in [-0.25, -0.2) is 0 Å². The van der Waals surface area contributed by atoms with Gasteiger partial charge in [-0.3, -0.25) is 0 Å². The third kappa shape index (κ3) is 4.21. The molecule has 0 amide bonds. The van der Waals surface area contributed by atoms with Crippen LogP contribution in [0.3, 0.4) is 0 Å². The van der Waals surface area contributed by atoms with Crippen molar-refractivity contribution < 1.29 is 9.84 Å². The van der Waals surface area contributed by atoms with E-state index in [4.69, 9.17) is 4.74 Å². The number of anilines is 1. The Bertz CT molecular complexity index is 287. The largest absolute Gasteiger partial charge is 0.392 e. The molecule has 0 fully saturated rings. The Morgan fingerprint density at radius 2 is 1.81 bits per heavy atom. The highest BCUT2D eigenvalue weighted by molar-refractivity contribution is 5.46. The molecule has 2 unspecified atom stereocenters. The van der Waals surface area contributed by atoms with Gasteiger partial charge in [0.25, 0.3) is 0 Å². The molecule has 1 aromatic rings. The molecular weight excluding hydrogens is 202 g/mol. The Kier molecular flexibility index (Phi) is 5.29. The van der Waals surface area contributed by atoms with Gasteiger partial charge in [-0.05, 0) is 26.0 Å². The number of hydrogen-bond acceptors (Lipinski definition) is 3. The second-order valence-corrected chi connectivity index (χ2v) is 4.14. The zero-order chi connectivity index (χ0) is 12.0. The van der Waals surface area contributed by atoms with E-state index in [9.17, 15) is 5.11 Å². The summed E-state index contributed by atoms with van der Waals surface area (Å²) in [6.07, 6.45) is -0.191. The van der Waals surface area contributed by atoms with E-state index in [2.05, 4.69) is 4.90 Å². The van der Waals surface area contributed by atoms with Gasteiger partial charge in [0.15, 0.2) is 0 Å². The number of ether oxygens (including phenoxy) is 1. The molecule has 3 nitrogen and oxygen atoms in total. The Morgan fingerprint density at radius 1 is 1.19 bits per heavy atom. The van der Waals surface area contributed by atoms with Gasteiger partial charge in [0.05, 0.1) is 12.2 Å². The Morgan fingerprint density at radius 3 is 2.31 bits per heavy atom. The number of nitrogens with zero attached hydrogens (tertiary/aromatic N) is 1. The number of aliphatic hydroxyl groups excluding tert-OH is 1. The quantitative estimate of drug-likeness (QED) is 0.799. The van der Waals surface area contributed by atoms with E-state index < -0.39 is 0 Å². The highest BCUT2D eigenvalue weighted by Crippen LogP contribution is 2.14. The first-order valence-corrected chi connectivity index (χ1v) is 5.64. The van der Waals surface area contributed by atoms with Gasteiger partial charge < -0.3 is 14.7 Å². The van der Waals surface area contributed by atoms with Gasteiger partial charge in [-0.2, -0.15) is 0 Å². The first-order valence-electron chi connectivity index (χ1n) is 5.64. The lowest BCUT2D eigenvalue weighted by atomic mass is 10.2. The molecular formula is C13H21NO2. The van der Waals surface area contributed by atoms with Crippen molar-refractivity contribution in [3.8, 4) is 0 Å². The molecule has 0 aromatic heterocycles. The van der Waals surface area contributed by atoms with Crippen LogP contribution in [0.1, 0.15) is 13.8 Å². The van der Waals surface area contributed by atoms with Gasteiger partial charge in [-0.1, -0.05) is 18.2 Å². The fraction of sp³-hybridized carbons (Fsp3) is 0.538. The molecule has 0 bridgehead atoms. The fourth-order valence-corrected chi connectivity index (χ4v) is 1.63. The van der Waals surface area contributed by atoms with Gasteiger partial charge in [0.1, 0.15) is 0 Å². The minimum absolute atomic E-state index is 0.152. The Balaban J connectivity index is 2.71. The number of methoxy groups -OCH3 is 1. The predicted molar refractivity (Wildman–Crippen MR) is 66.8 cm³/mol. The Hall–Kier alpha value is -1.06. The van der Waals surface area contributed by atoms with Crippen LogP contribution in [-0.4, -0.2) is 37.5 Å². The van der Waals surface area contributed by atoms with E-state index >= 15 is 0 Å². The lowest BCUT2D eigenvalue weighted by Crippen LogP contribution is -2.36. The molecule has 2 atom stereocenters. The van der Waals surface area contributed by atoms with Crippen LogP contribution in [-0.2, 0) is 4.74 Å². The molecule has 0 aliphatic rings. The fourth-order valence-electron chi connectivity index (χ4n) is 1.63. The summed E-state index contributed by atoms with van der Waals surface area (Å²) < 4.78 is 5.26. The summed E-state index contributed by atoms with van der Waals surface area (Å²) >= 11 is 0. The lowest BCUT2D eigenvalue weighted by molar-refractivity contribution is 0.119. The molecule has 0 saturated carbocycles. The molecule has 0 saturated heterocycles. The minimum Gasteiger partial charge on any atom is -0.392 e. The van der Waals surface area contributed by atoms with Crippen molar-refractivity contribution in [2.75, 3.05) is 25.1 Å². The van der Waals surface area contributed by atoms with E-state index in [1.54, 1.807) is 14.0 Å². The van der Waals surface area contributed by atoms with Gasteiger partial charge >= 0.3 is 0 Å². The lowest BCUT2D eigenvalue weighted by Gasteiger charge is -2.28. The van der Waals surface area contributed by atoms with Crippen LogP contribution in [0.5, 0.6) is 0 Å². The first-order chi connectivity index (χ1) is 7.63. The highest BCUT2D eigenvalue weighted by atomic mass is 16.5. The first kappa shape index (κ1) is 13.0. The van der Waals surface area contributed by atoms with Crippen molar-refractivity contribution in [3.05, 3.63) is 30.3 Å². The third-order valence-corrected chi connectivity index (χ3v) is 2.49. The van der Waals surface area contributed by atoms with Crippen LogP contribution in [0.4, 0.5) is 5.69 Å². The van der Waals surface area contributed by atoms with Crippen molar-refractivity contribution in [2.24, 2.45) is 0 Å². The zero-order valence-electron chi connectivity index (χ0n) is 10.3. The summed E-state index contributed by atoms with van der Waals surface area (Å²) in [6, 6.07) is 10.1. The molecule has 16 heavy (non-hydrogen) atoms. The SMILES string of the molecule is COC(C)CN(CC(C)O)c1ccccc1. The molecule has 1 rings (SSSR count). The smallest absolute Gasteiger partial charge is 0.0718 e. The molecule has 0 radical (unpaired) electrons. The highest BCUT2D eigenvalue weighted by Gasteiger charge is 2.12. The summed E-state index contributed by atoms with van der Waals surface area (Å²) in [7, 11) is 1.70. The Labute approximate surface area is 97.7 Å². The van der Waals surface area contributed by atoms with Crippen molar-refractivity contribution in [1.82, 2.24) is 0 Å². The molecule has 0 heterocycles. The minimum atomic E-state index is -0.343. The monoisotopic (exact) mass is 223 g/mol. The van der Waals surface area contributed by atoms with Crippen molar-refractivity contribution in [2.45, 2.75) is 26.1 Å². The summed E-state index contributed by atoms with van der Waals surface area (Å²) in [4.78, 5) is 2.14. The third-order valence-electron chi connectivity index (χ3n) is 2.49. The van der Waals surface area contributed by atoms with Crippen LogP contribution in [0.25, 0.3) is 0 Å². The second-order valence-electron chi connectivity index (χ2n) is 4.14. The van der Waals surface area contributed by atoms with E-state index in [1.165, 1.54) is 0 Å². The van der Waals surface area contributed by atoms with Crippen molar-refractivity contribution >= 4 is 5.69 Å². The molecule has 3 heteroatoms. The second kappa shape index (κ2) is 6.51. The van der Waals surface area contributed by atoms with Crippen molar-refractivity contribution in [3.63, 3.8) is 0 Å². The van der Waals surface area contributed by atoms with Crippen LogP contribution in [0.15, 0.2) is 30.3 Å². The zero-order valence-corrected chi connectivity index (χ0v) is 10.3. The number of para-hydroxylation sites is 1. The molecule has 1 aromatic carbocycles. The molecule has 0 aliphatic heterocycles. The topological polar surface area (TPSA) is 32.7 Å². The summed E-state index contributed by atoms with van der Waals surface area (Å²) in [5.74, 6) is 0. The maximum Gasteiger partial charge on any atom is 0.0718 e. The van der Waals surface area contributed by atoms with E-state index in [0.717, 1.165) is 12.2 Å². The van der Waals surface area contributed by atoms with Gasteiger partial charge in [-0.15, -0.1) is 0 Å². The maximum atomic E-state index is 9.49. The average molecular weight is 223 g/mol. The number of hydrogen-bond donors (Lipinski definition) is 1. The van der Waals surface area contributed by atoms with E-state index in [0.29, 0.717) is 6.54 Å². The molecule has 0 aliphatic carbocycles. The van der Waals surface area contributed by atoms with Gasteiger partial charge in [0.2, 0.25) is 0 Å². The van der Waals surface area contributed by atoms with Crippen LogP contribution in [0.2, 0.25) is 0 Å². The van der Waals surface area contributed by atoms with Crippen LogP contribution in [0, 0.1) is 0 Å². The van der Waals surface area contributed by atoms with E-state index in [-0.39, 0.29) is 12.2 Å². The molecule has 0 spiro atoms. The van der Waals surface area contributed by atoms with Crippen molar-refractivity contribution in [1.29, 1.82) is 0 Å². The molecule has 90 valence electrons. The molecule has 1 N–H and O–H groups in total. The van der Waals surface area contributed by atoms with Crippen LogP contribution >= 0.6 is 0 Å². The number of benzene rings is 1. The van der Waals surface area contributed by atoms with Gasteiger partial charge in [0, 0.05) is 25.9 Å². The summed E-state index contributed by atoms with van der Waals surface area (Å²) in [5.41, 5.74) is 1.12. The predicted octanol–water partition coefficient (Wildman–Crippen LogP) is 1.91. The summed E-state index contributed by atoms with van der Waals surface area (Å²) in [5, 5.41) is 9.49. The normalized spacial score (nSPS) is 14.5. The number of rotatable bonds is 6. The van der Waals surface area contributed by atoms with Crippen LogP contribution < -0.4 is 4.90 Å². The number of aliphatic hydroxyl groups is 1. The maximum absolute atomic E-state index is 9.49. The van der Waals surface area contributed by atoms with E-state index in [1.807, 2.05) is 37.3 Å². The average Bonchev–Trinajstić information content (AvgIpc) is 2.28.